The fourth-order valence-corrected chi connectivity index (χ4v) is 1.83. The monoisotopic (exact) mass is 238 g/mol. The highest BCUT2D eigenvalue weighted by atomic mass is 16.5. The Morgan fingerprint density at radius 3 is 3.29 bits per heavy atom. The second-order valence-electron chi connectivity index (χ2n) is 3.80. The lowest BCUT2D eigenvalue weighted by Gasteiger charge is -2.29. The molecule has 7 nitrogen and oxygen atoms in total. The van der Waals surface area contributed by atoms with E-state index in [0.29, 0.717) is 19.1 Å². The number of guanidine groups is 1. The Kier molecular flexibility index (Phi) is 3.94. The van der Waals surface area contributed by atoms with E-state index in [-0.39, 0.29) is 0 Å². The third-order valence-electron chi connectivity index (χ3n) is 2.73. The van der Waals surface area contributed by atoms with Gasteiger partial charge in [-0.1, -0.05) is 0 Å². The number of ether oxygens (including phenoxy) is 1. The van der Waals surface area contributed by atoms with Crippen LogP contribution in [0.1, 0.15) is 5.82 Å². The Bertz CT molecular complexity index is 388. The van der Waals surface area contributed by atoms with Crippen molar-refractivity contribution in [3.05, 3.63) is 18.2 Å². The summed E-state index contributed by atoms with van der Waals surface area (Å²) in [5.74, 6) is 7.21. The van der Waals surface area contributed by atoms with Gasteiger partial charge in [-0.3, -0.25) is 5.43 Å². The van der Waals surface area contributed by atoms with Crippen LogP contribution in [-0.4, -0.2) is 47.2 Å². The number of fused-ring (bicyclic) bond motifs is 1. The molecule has 0 atom stereocenters. The van der Waals surface area contributed by atoms with Gasteiger partial charge in [-0.05, 0) is 0 Å². The molecule has 0 spiro atoms. The molecule has 0 aromatic carbocycles. The number of aliphatic imine (C=N–C) groups is 1. The van der Waals surface area contributed by atoms with Gasteiger partial charge in [-0.25, -0.2) is 15.8 Å². The lowest BCUT2D eigenvalue weighted by atomic mass is 10.4. The minimum Gasteiger partial charge on any atom is -0.383 e. The van der Waals surface area contributed by atoms with E-state index >= 15 is 0 Å². The minimum atomic E-state index is 0.591. The Morgan fingerprint density at radius 1 is 1.65 bits per heavy atom. The Labute approximate surface area is 100 Å². The highest BCUT2D eigenvalue weighted by Crippen LogP contribution is 2.09. The van der Waals surface area contributed by atoms with Crippen LogP contribution in [0.2, 0.25) is 0 Å². The summed E-state index contributed by atoms with van der Waals surface area (Å²) in [5, 5.41) is 0. The molecule has 1 aromatic rings. The molecule has 2 heterocycles. The molecule has 7 heteroatoms. The first-order valence-corrected chi connectivity index (χ1v) is 5.60. The fraction of sp³-hybridized carbons (Fsp3) is 0.600. The average molecular weight is 238 g/mol. The summed E-state index contributed by atoms with van der Waals surface area (Å²) in [7, 11) is 1.66. The van der Waals surface area contributed by atoms with Crippen molar-refractivity contribution in [1.29, 1.82) is 0 Å². The van der Waals surface area contributed by atoms with Crippen molar-refractivity contribution in [2.45, 2.75) is 13.1 Å². The van der Waals surface area contributed by atoms with E-state index in [1.165, 1.54) is 0 Å². The molecule has 0 amide bonds. The van der Waals surface area contributed by atoms with Gasteiger partial charge >= 0.3 is 0 Å². The van der Waals surface area contributed by atoms with Crippen molar-refractivity contribution < 1.29 is 4.74 Å². The van der Waals surface area contributed by atoms with Gasteiger partial charge in [0.15, 0.2) is 0 Å². The largest absolute Gasteiger partial charge is 0.383 e. The maximum atomic E-state index is 5.49. The molecule has 0 unspecified atom stereocenters. The van der Waals surface area contributed by atoms with Crippen LogP contribution in [0.4, 0.5) is 0 Å². The number of nitrogens with zero attached hydrogens (tertiary/aromatic N) is 4. The van der Waals surface area contributed by atoms with E-state index < -0.39 is 0 Å². The number of imidazole rings is 1. The Morgan fingerprint density at radius 2 is 2.53 bits per heavy atom. The Hall–Kier alpha value is -1.60. The van der Waals surface area contributed by atoms with Crippen LogP contribution in [0.15, 0.2) is 17.4 Å². The van der Waals surface area contributed by atoms with Crippen LogP contribution in [0.5, 0.6) is 0 Å². The zero-order valence-electron chi connectivity index (χ0n) is 9.96. The van der Waals surface area contributed by atoms with Crippen LogP contribution in [0.3, 0.4) is 0 Å². The van der Waals surface area contributed by atoms with E-state index in [0.717, 1.165) is 25.5 Å². The van der Waals surface area contributed by atoms with Crippen LogP contribution in [0.25, 0.3) is 0 Å². The maximum absolute atomic E-state index is 5.49. The lowest BCUT2D eigenvalue weighted by molar-refractivity contribution is 0.207. The molecule has 0 saturated heterocycles. The molecule has 1 aromatic heterocycles. The van der Waals surface area contributed by atoms with Crippen molar-refractivity contribution in [3.63, 3.8) is 0 Å². The lowest BCUT2D eigenvalue weighted by Crippen LogP contribution is -2.48. The third-order valence-corrected chi connectivity index (χ3v) is 2.73. The first-order valence-electron chi connectivity index (χ1n) is 5.60. The minimum absolute atomic E-state index is 0.591. The van der Waals surface area contributed by atoms with E-state index in [1.54, 1.807) is 7.11 Å². The van der Waals surface area contributed by atoms with Crippen molar-refractivity contribution in [3.8, 4) is 0 Å². The number of methoxy groups -OCH3 is 1. The van der Waals surface area contributed by atoms with E-state index in [2.05, 4.69) is 24.9 Å². The number of hydrogen-bond acceptors (Lipinski definition) is 4. The SMILES string of the molecule is COCCN=C(NN)N1CCn2ccnc2C1. The molecule has 94 valence electrons. The van der Waals surface area contributed by atoms with Crippen molar-refractivity contribution in [2.24, 2.45) is 10.8 Å². The highest BCUT2D eigenvalue weighted by molar-refractivity contribution is 5.79. The predicted molar refractivity (Wildman–Crippen MR) is 64.1 cm³/mol. The second-order valence-corrected chi connectivity index (χ2v) is 3.80. The van der Waals surface area contributed by atoms with Crippen LogP contribution in [0, 0.1) is 0 Å². The van der Waals surface area contributed by atoms with E-state index in [1.807, 2.05) is 12.4 Å². The van der Waals surface area contributed by atoms with Crippen LogP contribution >= 0.6 is 0 Å². The van der Waals surface area contributed by atoms with Gasteiger partial charge in [0, 0.05) is 32.6 Å². The zero-order chi connectivity index (χ0) is 12.1. The van der Waals surface area contributed by atoms with Gasteiger partial charge in [0.1, 0.15) is 5.82 Å². The molecule has 0 bridgehead atoms. The van der Waals surface area contributed by atoms with Gasteiger partial charge in [0.2, 0.25) is 5.96 Å². The summed E-state index contributed by atoms with van der Waals surface area (Å²) < 4.78 is 7.10. The molecule has 0 aliphatic carbocycles. The van der Waals surface area contributed by atoms with Gasteiger partial charge in [-0.15, -0.1) is 0 Å². The topological polar surface area (TPSA) is 80.7 Å². The van der Waals surface area contributed by atoms with E-state index in [4.69, 9.17) is 10.6 Å². The maximum Gasteiger partial charge on any atom is 0.208 e. The second kappa shape index (κ2) is 5.65. The third kappa shape index (κ3) is 2.75. The number of nitrogens with two attached hydrogens (primary N) is 1. The number of aromatic nitrogens is 2. The van der Waals surface area contributed by atoms with Crippen LogP contribution in [-0.2, 0) is 17.8 Å². The summed E-state index contributed by atoms with van der Waals surface area (Å²) >= 11 is 0. The molecule has 0 radical (unpaired) electrons. The van der Waals surface area contributed by atoms with Crippen molar-refractivity contribution in [2.75, 3.05) is 26.8 Å². The average Bonchev–Trinajstić information content (AvgIpc) is 2.82. The molecule has 0 saturated carbocycles. The highest BCUT2D eigenvalue weighted by Gasteiger charge is 2.18. The first-order chi connectivity index (χ1) is 8.35. The number of hydrogen-bond donors (Lipinski definition) is 2. The van der Waals surface area contributed by atoms with Crippen LogP contribution < -0.4 is 11.3 Å². The standard InChI is InChI=1S/C10H18N6O/c1-17-7-3-13-10(14-11)16-6-5-15-4-2-12-9(15)8-16/h2,4H,3,5-8,11H2,1H3,(H,13,14). The molecular weight excluding hydrogens is 220 g/mol. The first kappa shape index (κ1) is 11.9. The molecule has 1 aliphatic rings. The normalized spacial score (nSPS) is 15.9. The van der Waals surface area contributed by atoms with Gasteiger partial charge in [0.25, 0.3) is 0 Å². The molecule has 17 heavy (non-hydrogen) atoms. The number of hydrazine groups is 1. The fourth-order valence-electron chi connectivity index (χ4n) is 1.83. The quantitative estimate of drug-likeness (QED) is 0.236. The summed E-state index contributed by atoms with van der Waals surface area (Å²) in [6.07, 6.45) is 3.81. The smallest absolute Gasteiger partial charge is 0.208 e. The predicted octanol–water partition coefficient (Wildman–Crippen LogP) is -0.836. The molecule has 3 N–H and O–H groups in total. The molecular formula is C10H18N6O. The summed E-state index contributed by atoms with van der Waals surface area (Å²) in [4.78, 5) is 10.7. The van der Waals surface area contributed by atoms with Gasteiger partial charge in [0.05, 0.1) is 19.7 Å². The van der Waals surface area contributed by atoms with Crippen molar-refractivity contribution in [1.82, 2.24) is 19.9 Å². The van der Waals surface area contributed by atoms with Gasteiger partial charge < -0.3 is 14.2 Å². The molecule has 2 rings (SSSR count). The summed E-state index contributed by atoms with van der Waals surface area (Å²) in [6.45, 7) is 3.69. The number of nitrogens with one attached hydrogen (secondary N) is 1. The summed E-state index contributed by atoms with van der Waals surface area (Å²) in [6, 6.07) is 0. The number of rotatable bonds is 3. The molecule has 1 aliphatic heterocycles. The summed E-state index contributed by atoms with van der Waals surface area (Å²) in [5.41, 5.74) is 2.64. The Balaban J connectivity index is 2.00. The van der Waals surface area contributed by atoms with Crippen molar-refractivity contribution >= 4 is 5.96 Å². The zero-order valence-corrected chi connectivity index (χ0v) is 9.96. The van der Waals surface area contributed by atoms with E-state index in [9.17, 15) is 0 Å². The molecule has 0 fully saturated rings. The van der Waals surface area contributed by atoms with Gasteiger partial charge in [-0.2, -0.15) is 0 Å².